The summed E-state index contributed by atoms with van der Waals surface area (Å²) in [6, 6.07) is 4.33. The van der Waals surface area contributed by atoms with Gasteiger partial charge in [0, 0.05) is 43.1 Å². The molecule has 2 aromatic rings. The second-order valence-corrected chi connectivity index (χ2v) is 11.0. The molecular weight excluding hydrogens is 428 g/mol. The van der Waals surface area contributed by atoms with Gasteiger partial charge >= 0.3 is 0 Å². The number of fused-ring (bicyclic) bond motifs is 1. The number of nitriles is 1. The highest BCUT2D eigenvalue weighted by atomic mass is 16.5. The van der Waals surface area contributed by atoms with E-state index in [0.717, 1.165) is 41.0 Å². The van der Waals surface area contributed by atoms with E-state index in [1.54, 1.807) is 6.26 Å². The van der Waals surface area contributed by atoms with Crippen LogP contribution in [0.4, 0.5) is 5.82 Å². The standard InChI is InChI=1S/C27H34N4O3/c1-16(2)22-14-30(9-10-31(22)26(32)24-17(3)8-11-33-24)25-20(13-28)19-12-27(4,5)34-15-21(19)23(29-25)18-6-7-18/h8,11,16,18,22H,6-7,9-10,12,14-15H2,1-5H3. The zero-order valence-electron chi connectivity index (χ0n) is 20.9. The van der Waals surface area contributed by atoms with Gasteiger partial charge in [-0.05, 0) is 51.2 Å². The maximum Gasteiger partial charge on any atom is 0.290 e. The number of furan rings is 1. The second-order valence-electron chi connectivity index (χ2n) is 11.0. The number of amides is 1. The van der Waals surface area contributed by atoms with E-state index >= 15 is 0 Å². The van der Waals surface area contributed by atoms with Gasteiger partial charge in [0.1, 0.15) is 11.9 Å². The lowest BCUT2D eigenvalue weighted by Gasteiger charge is -2.44. The number of pyridine rings is 1. The Balaban J connectivity index is 1.51. The number of hydrogen-bond donors (Lipinski definition) is 0. The first-order valence-corrected chi connectivity index (χ1v) is 12.4. The third kappa shape index (κ3) is 3.98. The van der Waals surface area contributed by atoms with Gasteiger partial charge in [-0.3, -0.25) is 4.79 Å². The maximum absolute atomic E-state index is 13.3. The maximum atomic E-state index is 13.3. The molecule has 2 aromatic heterocycles. The minimum absolute atomic E-state index is 0.000672. The molecule has 7 heteroatoms. The number of aromatic nitrogens is 1. The van der Waals surface area contributed by atoms with Crippen molar-refractivity contribution in [2.24, 2.45) is 5.92 Å². The molecule has 1 saturated heterocycles. The Hall–Kier alpha value is -2.85. The third-order valence-corrected chi connectivity index (χ3v) is 7.52. The van der Waals surface area contributed by atoms with E-state index in [9.17, 15) is 10.1 Å². The summed E-state index contributed by atoms with van der Waals surface area (Å²) in [6.45, 7) is 12.7. The molecule has 0 spiro atoms. The van der Waals surface area contributed by atoms with E-state index in [0.29, 0.717) is 49.9 Å². The molecule has 3 aliphatic rings. The highest BCUT2D eigenvalue weighted by Crippen LogP contribution is 2.46. The van der Waals surface area contributed by atoms with Crippen molar-refractivity contribution in [2.45, 2.75) is 78.0 Å². The molecule has 5 rings (SSSR count). The largest absolute Gasteiger partial charge is 0.459 e. The van der Waals surface area contributed by atoms with E-state index in [1.165, 1.54) is 0 Å². The van der Waals surface area contributed by atoms with Crippen molar-refractivity contribution in [1.82, 2.24) is 9.88 Å². The van der Waals surface area contributed by atoms with Crippen molar-refractivity contribution in [1.29, 1.82) is 5.26 Å². The third-order valence-electron chi connectivity index (χ3n) is 7.52. The van der Waals surface area contributed by atoms with Gasteiger partial charge in [-0.15, -0.1) is 0 Å². The van der Waals surface area contributed by atoms with Crippen LogP contribution in [0.25, 0.3) is 0 Å². The lowest BCUT2D eigenvalue weighted by molar-refractivity contribution is -0.0407. The topological polar surface area (TPSA) is 82.6 Å². The number of nitrogens with zero attached hydrogens (tertiary/aromatic N) is 4. The molecule has 1 unspecified atom stereocenters. The Morgan fingerprint density at radius 3 is 2.65 bits per heavy atom. The first kappa shape index (κ1) is 22.9. The fraction of sp³-hybridized carbons (Fsp3) is 0.593. The summed E-state index contributed by atoms with van der Waals surface area (Å²) in [5.41, 5.74) is 4.59. The molecular formula is C27H34N4O3. The molecule has 0 bridgehead atoms. The van der Waals surface area contributed by atoms with Crippen LogP contribution in [0.5, 0.6) is 0 Å². The van der Waals surface area contributed by atoms with Crippen LogP contribution >= 0.6 is 0 Å². The van der Waals surface area contributed by atoms with E-state index in [4.69, 9.17) is 14.1 Å². The minimum atomic E-state index is -0.301. The predicted octanol–water partition coefficient (Wildman–Crippen LogP) is 4.57. The van der Waals surface area contributed by atoms with Crippen LogP contribution in [-0.4, -0.2) is 47.1 Å². The van der Waals surface area contributed by atoms with Crippen LogP contribution in [0.1, 0.15) is 85.0 Å². The average molecular weight is 463 g/mol. The predicted molar refractivity (Wildman–Crippen MR) is 129 cm³/mol. The molecule has 1 atom stereocenters. The first-order valence-electron chi connectivity index (χ1n) is 12.4. The Labute approximate surface area is 201 Å². The van der Waals surface area contributed by atoms with E-state index < -0.39 is 0 Å². The van der Waals surface area contributed by atoms with Gasteiger partial charge in [-0.2, -0.15) is 5.26 Å². The first-order chi connectivity index (χ1) is 16.2. The molecule has 0 aromatic carbocycles. The van der Waals surface area contributed by atoms with Gasteiger partial charge in [0.25, 0.3) is 5.91 Å². The van der Waals surface area contributed by atoms with Crippen LogP contribution in [0, 0.1) is 24.2 Å². The van der Waals surface area contributed by atoms with E-state index in [1.807, 2.05) is 17.9 Å². The fourth-order valence-electron chi connectivity index (χ4n) is 5.37. The normalized spacial score (nSPS) is 22.0. The van der Waals surface area contributed by atoms with Crippen LogP contribution in [0.3, 0.4) is 0 Å². The van der Waals surface area contributed by atoms with E-state index in [-0.39, 0.29) is 23.5 Å². The van der Waals surface area contributed by atoms with Crippen LogP contribution in [0.2, 0.25) is 0 Å². The molecule has 0 N–H and O–H groups in total. The summed E-state index contributed by atoms with van der Waals surface area (Å²) in [5.74, 6) is 1.86. The monoisotopic (exact) mass is 462 g/mol. The smallest absolute Gasteiger partial charge is 0.290 e. The number of ether oxygens (including phenoxy) is 1. The number of anilines is 1. The summed E-state index contributed by atoms with van der Waals surface area (Å²) in [6.07, 6.45) is 4.58. The molecule has 4 heterocycles. The highest BCUT2D eigenvalue weighted by Gasteiger charge is 2.40. The Morgan fingerprint density at radius 1 is 1.26 bits per heavy atom. The molecule has 2 aliphatic heterocycles. The minimum Gasteiger partial charge on any atom is -0.459 e. The van der Waals surface area contributed by atoms with Gasteiger partial charge in [0.05, 0.1) is 35.8 Å². The van der Waals surface area contributed by atoms with Gasteiger partial charge in [-0.25, -0.2) is 4.98 Å². The van der Waals surface area contributed by atoms with Crippen LogP contribution in [0.15, 0.2) is 16.7 Å². The van der Waals surface area contributed by atoms with Crippen molar-refractivity contribution < 1.29 is 13.9 Å². The quantitative estimate of drug-likeness (QED) is 0.662. The van der Waals surface area contributed by atoms with Gasteiger partial charge in [0.15, 0.2) is 5.76 Å². The average Bonchev–Trinajstić information content (AvgIpc) is 3.56. The van der Waals surface area contributed by atoms with Crippen molar-refractivity contribution in [3.63, 3.8) is 0 Å². The zero-order chi connectivity index (χ0) is 24.2. The van der Waals surface area contributed by atoms with Gasteiger partial charge in [-0.1, -0.05) is 13.8 Å². The molecule has 0 radical (unpaired) electrons. The highest BCUT2D eigenvalue weighted by molar-refractivity contribution is 5.93. The summed E-state index contributed by atoms with van der Waals surface area (Å²) in [7, 11) is 0. The number of rotatable bonds is 4. The molecule has 7 nitrogen and oxygen atoms in total. The number of hydrogen-bond acceptors (Lipinski definition) is 6. The van der Waals surface area contributed by atoms with Crippen LogP contribution in [-0.2, 0) is 17.8 Å². The van der Waals surface area contributed by atoms with E-state index in [2.05, 4.69) is 38.7 Å². The lowest BCUT2D eigenvalue weighted by atomic mass is 9.87. The summed E-state index contributed by atoms with van der Waals surface area (Å²) < 4.78 is 11.6. The Kier molecular flexibility index (Phi) is 5.68. The summed E-state index contributed by atoms with van der Waals surface area (Å²) in [5, 5.41) is 10.3. The Bertz CT molecular complexity index is 1160. The van der Waals surface area contributed by atoms with Crippen molar-refractivity contribution in [2.75, 3.05) is 24.5 Å². The van der Waals surface area contributed by atoms with Gasteiger partial charge < -0.3 is 19.0 Å². The molecule has 1 amide bonds. The number of aryl methyl sites for hydroxylation is 1. The van der Waals surface area contributed by atoms with Crippen molar-refractivity contribution in [3.8, 4) is 6.07 Å². The summed E-state index contributed by atoms with van der Waals surface area (Å²) in [4.78, 5) is 22.6. The molecule has 180 valence electrons. The van der Waals surface area contributed by atoms with Crippen molar-refractivity contribution >= 4 is 11.7 Å². The fourth-order valence-corrected chi connectivity index (χ4v) is 5.37. The number of carbonyl (C=O) groups is 1. The summed E-state index contributed by atoms with van der Waals surface area (Å²) >= 11 is 0. The number of carbonyl (C=O) groups excluding carboxylic acids is 1. The second kappa shape index (κ2) is 8.42. The van der Waals surface area contributed by atoms with Crippen molar-refractivity contribution in [3.05, 3.63) is 46.0 Å². The molecule has 2 fully saturated rings. The zero-order valence-corrected chi connectivity index (χ0v) is 20.9. The van der Waals surface area contributed by atoms with Gasteiger partial charge in [0.2, 0.25) is 0 Å². The molecule has 1 aliphatic carbocycles. The molecule has 34 heavy (non-hydrogen) atoms. The Morgan fingerprint density at radius 2 is 2.03 bits per heavy atom. The lowest BCUT2D eigenvalue weighted by Crippen LogP contribution is -2.57. The van der Waals surface area contributed by atoms with Crippen LogP contribution < -0.4 is 4.90 Å². The SMILES string of the molecule is Cc1ccoc1C(=O)N1CCN(c2nc(C3CC3)c3c(c2C#N)CC(C)(C)OC3)CC1C(C)C. The number of piperazine rings is 1. The molecule has 1 saturated carbocycles.